The number of anilines is 2. The maximum atomic E-state index is 5.51. The van der Waals surface area contributed by atoms with Crippen molar-refractivity contribution in [2.45, 2.75) is 13.8 Å². The van der Waals surface area contributed by atoms with E-state index in [0.29, 0.717) is 6.61 Å². The molecule has 2 heterocycles. The van der Waals surface area contributed by atoms with Crippen LogP contribution in [0.2, 0.25) is 0 Å². The van der Waals surface area contributed by atoms with Gasteiger partial charge in [0.1, 0.15) is 23.5 Å². The van der Waals surface area contributed by atoms with Gasteiger partial charge < -0.3 is 15.0 Å². The van der Waals surface area contributed by atoms with E-state index in [9.17, 15) is 0 Å². The summed E-state index contributed by atoms with van der Waals surface area (Å²) in [5.74, 6) is 1.65. The predicted molar refractivity (Wildman–Crippen MR) is 105 cm³/mol. The van der Waals surface area contributed by atoms with Crippen LogP contribution in [-0.2, 0) is 0 Å². The zero-order valence-electron chi connectivity index (χ0n) is 14.8. The van der Waals surface area contributed by atoms with E-state index in [1.807, 2.05) is 43.3 Å². The summed E-state index contributed by atoms with van der Waals surface area (Å²) in [5, 5.41) is 4.33. The average molecular weight is 344 g/mol. The second-order valence-corrected chi connectivity index (χ2v) is 6.12. The second kappa shape index (κ2) is 6.88. The molecule has 0 spiro atoms. The summed E-state index contributed by atoms with van der Waals surface area (Å²) < 4.78 is 5.51. The molecule has 5 nitrogen and oxygen atoms in total. The molecule has 0 aliphatic heterocycles. The highest BCUT2D eigenvalue weighted by atomic mass is 16.5. The van der Waals surface area contributed by atoms with Gasteiger partial charge in [0.2, 0.25) is 0 Å². The van der Waals surface area contributed by atoms with Crippen molar-refractivity contribution in [2.24, 2.45) is 0 Å². The van der Waals surface area contributed by atoms with Gasteiger partial charge in [0, 0.05) is 11.4 Å². The molecule has 0 aliphatic rings. The number of nitrogens with zero attached hydrogens (tertiary/aromatic N) is 2. The Morgan fingerprint density at radius 1 is 1.00 bits per heavy atom. The first-order valence-corrected chi connectivity index (χ1v) is 8.63. The molecule has 0 atom stereocenters. The average Bonchev–Trinajstić information content (AvgIpc) is 3.10. The first kappa shape index (κ1) is 16.1. The molecule has 0 unspecified atom stereocenters. The highest BCUT2D eigenvalue weighted by Gasteiger charge is 2.10. The quantitative estimate of drug-likeness (QED) is 0.530. The predicted octanol–water partition coefficient (Wildman–Crippen LogP) is 5.08. The Balaban J connectivity index is 1.67. The van der Waals surface area contributed by atoms with E-state index in [1.54, 1.807) is 6.33 Å². The minimum atomic E-state index is 0.662. The molecule has 0 saturated carbocycles. The smallest absolute Gasteiger partial charge is 0.143 e. The molecular weight excluding hydrogens is 324 g/mol. The van der Waals surface area contributed by atoms with Crippen molar-refractivity contribution in [1.29, 1.82) is 0 Å². The first-order valence-electron chi connectivity index (χ1n) is 8.63. The summed E-state index contributed by atoms with van der Waals surface area (Å²) in [4.78, 5) is 12.1. The SMILES string of the molecule is CCOc1ccc(-c2cc3c(Nc4ccc(C)cc4)ncnc3[nH]2)cc1. The minimum absolute atomic E-state index is 0.662. The molecular formula is C21H20N4O. The number of hydrogen-bond donors (Lipinski definition) is 2. The third kappa shape index (κ3) is 3.24. The van der Waals surface area contributed by atoms with Crippen molar-refractivity contribution in [3.63, 3.8) is 0 Å². The number of aromatic amines is 1. The lowest BCUT2D eigenvalue weighted by Gasteiger charge is -2.06. The van der Waals surface area contributed by atoms with Crippen LogP contribution in [0.4, 0.5) is 11.5 Å². The standard InChI is InChI=1S/C21H20N4O/c1-3-26-17-10-6-15(7-11-17)19-12-18-20(22-13-23-21(18)25-19)24-16-8-4-14(2)5-9-16/h4-13H,3H2,1-2H3,(H2,22,23,24,25). The van der Waals surface area contributed by atoms with Gasteiger partial charge >= 0.3 is 0 Å². The number of rotatable bonds is 5. The molecule has 2 N–H and O–H groups in total. The number of hydrogen-bond acceptors (Lipinski definition) is 4. The van der Waals surface area contributed by atoms with Crippen LogP contribution in [0.5, 0.6) is 5.75 Å². The molecule has 2 aromatic heterocycles. The van der Waals surface area contributed by atoms with E-state index in [1.165, 1.54) is 5.56 Å². The van der Waals surface area contributed by atoms with Crippen molar-refractivity contribution in [3.8, 4) is 17.0 Å². The molecule has 0 amide bonds. The number of aromatic nitrogens is 3. The van der Waals surface area contributed by atoms with Gasteiger partial charge in [-0.1, -0.05) is 17.7 Å². The van der Waals surface area contributed by atoms with Crippen LogP contribution in [0.1, 0.15) is 12.5 Å². The van der Waals surface area contributed by atoms with Gasteiger partial charge in [-0.15, -0.1) is 0 Å². The molecule has 0 aliphatic carbocycles. The fourth-order valence-electron chi connectivity index (χ4n) is 2.87. The molecule has 0 fully saturated rings. The number of H-pyrrole nitrogens is 1. The van der Waals surface area contributed by atoms with Crippen molar-refractivity contribution in [1.82, 2.24) is 15.0 Å². The monoisotopic (exact) mass is 344 g/mol. The zero-order chi connectivity index (χ0) is 17.9. The number of fused-ring (bicyclic) bond motifs is 1. The molecule has 130 valence electrons. The van der Waals surface area contributed by atoms with Gasteiger partial charge in [0.05, 0.1) is 12.0 Å². The molecule has 4 aromatic rings. The lowest BCUT2D eigenvalue weighted by Crippen LogP contribution is -1.94. The summed E-state index contributed by atoms with van der Waals surface area (Å²) >= 11 is 0. The molecule has 4 rings (SSSR count). The summed E-state index contributed by atoms with van der Waals surface area (Å²) in [5.41, 5.74) is 5.10. The van der Waals surface area contributed by atoms with Gasteiger partial charge in [0.15, 0.2) is 0 Å². The van der Waals surface area contributed by atoms with Crippen molar-refractivity contribution in [3.05, 3.63) is 66.5 Å². The van der Waals surface area contributed by atoms with E-state index >= 15 is 0 Å². The molecule has 5 heteroatoms. The number of benzene rings is 2. The topological polar surface area (TPSA) is 62.8 Å². The van der Waals surface area contributed by atoms with E-state index in [0.717, 1.165) is 39.5 Å². The van der Waals surface area contributed by atoms with Gasteiger partial charge in [-0.3, -0.25) is 0 Å². The Labute approximate surface area is 152 Å². The molecule has 0 saturated heterocycles. The highest BCUT2D eigenvalue weighted by Crippen LogP contribution is 2.29. The Bertz CT molecular complexity index is 1020. The zero-order valence-corrected chi connectivity index (χ0v) is 14.8. The van der Waals surface area contributed by atoms with Crippen LogP contribution < -0.4 is 10.1 Å². The van der Waals surface area contributed by atoms with E-state index in [-0.39, 0.29) is 0 Å². The lowest BCUT2D eigenvalue weighted by molar-refractivity contribution is 0.340. The van der Waals surface area contributed by atoms with Crippen LogP contribution in [0.15, 0.2) is 60.9 Å². The largest absolute Gasteiger partial charge is 0.494 e. The Hall–Kier alpha value is -3.34. The van der Waals surface area contributed by atoms with Crippen LogP contribution in [0, 0.1) is 6.92 Å². The minimum Gasteiger partial charge on any atom is -0.494 e. The molecule has 0 radical (unpaired) electrons. The first-order chi connectivity index (χ1) is 12.7. The van der Waals surface area contributed by atoms with Crippen LogP contribution in [0.3, 0.4) is 0 Å². The number of ether oxygens (including phenoxy) is 1. The van der Waals surface area contributed by atoms with Gasteiger partial charge in [-0.25, -0.2) is 9.97 Å². The maximum Gasteiger partial charge on any atom is 0.143 e. The van der Waals surface area contributed by atoms with E-state index in [2.05, 4.69) is 45.4 Å². The fraction of sp³-hybridized carbons (Fsp3) is 0.143. The van der Waals surface area contributed by atoms with Crippen molar-refractivity contribution in [2.75, 3.05) is 11.9 Å². The van der Waals surface area contributed by atoms with Crippen LogP contribution in [-0.4, -0.2) is 21.6 Å². The normalized spacial score (nSPS) is 10.8. The van der Waals surface area contributed by atoms with Gasteiger partial charge in [0.25, 0.3) is 0 Å². The van der Waals surface area contributed by atoms with E-state index < -0.39 is 0 Å². The van der Waals surface area contributed by atoms with Crippen LogP contribution >= 0.6 is 0 Å². The Morgan fingerprint density at radius 2 is 1.77 bits per heavy atom. The van der Waals surface area contributed by atoms with Crippen LogP contribution in [0.25, 0.3) is 22.3 Å². The molecule has 2 aromatic carbocycles. The molecule has 0 bridgehead atoms. The van der Waals surface area contributed by atoms with Gasteiger partial charge in [-0.2, -0.15) is 0 Å². The number of aryl methyl sites for hydroxylation is 1. The Kier molecular flexibility index (Phi) is 4.27. The fourth-order valence-corrected chi connectivity index (χ4v) is 2.87. The van der Waals surface area contributed by atoms with E-state index in [4.69, 9.17) is 4.74 Å². The third-order valence-electron chi connectivity index (χ3n) is 4.22. The third-order valence-corrected chi connectivity index (χ3v) is 4.22. The second-order valence-electron chi connectivity index (χ2n) is 6.12. The summed E-state index contributed by atoms with van der Waals surface area (Å²) in [7, 11) is 0. The summed E-state index contributed by atoms with van der Waals surface area (Å²) in [6.45, 7) is 4.71. The van der Waals surface area contributed by atoms with Gasteiger partial charge in [-0.05, 0) is 61.9 Å². The van der Waals surface area contributed by atoms with Crippen molar-refractivity contribution >= 4 is 22.5 Å². The lowest BCUT2D eigenvalue weighted by atomic mass is 10.1. The maximum absolute atomic E-state index is 5.51. The number of nitrogens with one attached hydrogen (secondary N) is 2. The Morgan fingerprint density at radius 3 is 2.50 bits per heavy atom. The summed E-state index contributed by atoms with van der Waals surface area (Å²) in [6.07, 6.45) is 1.57. The molecule has 26 heavy (non-hydrogen) atoms. The summed E-state index contributed by atoms with van der Waals surface area (Å²) in [6, 6.07) is 18.3. The van der Waals surface area contributed by atoms with Crippen molar-refractivity contribution < 1.29 is 4.74 Å². The highest BCUT2D eigenvalue weighted by molar-refractivity contribution is 5.92.